The summed E-state index contributed by atoms with van der Waals surface area (Å²) in [5.41, 5.74) is 0.664. The number of carbonyl (C=O) groups is 2. The maximum Gasteiger partial charge on any atom is 0.261 e. The summed E-state index contributed by atoms with van der Waals surface area (Å²) in [4.78, 5) is 27.2. The SMILES string of the molecule is COc1cc(OC)cc(OCC(=O)N(Cc2ccc(Cl)cc2Cl)[C@@H](C)C(=O)NC(C)C)c1. The topological polar surface area (TPSA) is 77.1 Å². The second-order valence-corrected chi connectivity index (χ2v) is 8.28. The van der Waals surface area contributed by atoms with E-state index in [9.17, 15) is 9.59 Å². The lowest BCUT2D eigenvalue weighted by Gasteiger charge is -2.29. The van der Waals surface area contributed by atoms with Gasteiger partial charge in [-0.2, -0.15) is 0 Å². The first-order valence-electron chi connectivity index (χ1n) is 10.0. The summed E-state index contributed by atoms with van der Waals surface area (Å²) in [6.45, 7) is 5.19. The molecule has 32 heavy (non-hydrogen) atoms. The van der Waals surface area contributed by atoms with Gasteiger partial charge in [0.2, 0.25) is 5.91 Å². The van der Waals surface area contributed by atoms with Gasteiger partial charge in [-0.15, -0.1) is 0 Å². The normalized spacial score (nSPS) is 11.6. The van der Waals surface area contributed by atoms with E-state index in [4.69, 9.17) is 37.4 Å². The molecule has 0 aromatic heterocycles. The lowest BCUT2D eigenvalue weighted by molar-refractivity contribution is -0.142. The van der Waals surface area contributed by atoms with Crippen molar-refractivity contribution in [1.82, 2.24) is 10.2 Å². The Morgan fingerprint density at radius 2 is 1.56 bits per heavy atom. The fourth-order valence-corrected chi connectivity index (χ4v) is 3.38. The van der Waals surface area contributed by atoms with Crippen LogP contribution in [0.3, 0.4) is 0 Å². The van der Waals surface area contributed by atoms with Gasteiger partial charge in [-0.05, 0) is 38.5 Å². The first-order valence-corrected chi connectivity index (χ1v) is 10.8. The summed E-state index contributed by atoms with van der Waals surface area (Å²) in [6, 6.07) is 9.17. The summed E-state index contributed by atoms with van der Waals surface area (Å²) in [5.74, 6) is 0.798. The molecule has 0 aliphatic heterocycles. The van der Waals surface area contributed by atoms with Gasteiger partial charge in [0.05, 0.1) is 14.2 Å². The maximum absolute atomic E-state index is 13.1. The predicted molar refractivity (Wildman–Crippen MR) is 125 cm³/mol. The second-order valence-electron chi connectivity index (χ2n) is 7.43. The third-order valence-corrected chi connectivity index (χ3v) is 5.23. The van der Waals surface area contributed by atoms with Gasteiger partial charge in [-0.25, -0.2) is 0 Å². The quantitative estimate of drug-likeness (QED) is 0.545. The number of nitrogens with one attached hydrogen (secondary N) is 1. The molecule has 0 aliphatic rings. The lowest BCUT2D eigenvalue weighted by Crippen LogP contribution is -2.50. The molecule has 0 radical (unpaired) electrons. The van der Waals surface area contributed by atoms with Crippen LogP contribution in [0.15, 0.2) is 36.4 Å². The number of rotatable bonds is 10. The highest BCUT2D eigenvalue weighted by molar-refractivity contribution is 6.35. The number of hydrogen-bond donors (Lipinski definition) is 1. The Morgan fingerprint density at radius 3 is 2.09 bits per heavy atom. The van der Waals surface area contributed by atoms with Crippen LogP contribution in [0.1, 0.15) is 26.3 Å². The monoisotopic (exact) mass is 482 g/mol. The Morgan fingerprint density at radius 1 is 0.969 bits per heavy atom. The molecule has 2 aromatic carbocycles. The predicted octanol–water partition coefficient (Wildman–Crippen LogP) is 4.33. The third kappa shape index (κ3) is 7.21. The zero-order valence-corrected chi connectivity index (χ0v) is 20.3. The van der Waals surface area contributed by atoms with E-state index in [1.165, 1.54) is 19.1 Å². The molecule has 2 amide bonds. The van der Waals surface area contributed by atoms with Crippen LogP contribution in [0.4, 0.5) is 0 Å². The molecule has 174 valence electrons. The van der Waals surface area contributed by atoms with Crippen LogP contribution in [0.5, 0.6) is 17.2 Å². The molecule has 0 unspecified atom stereocenters. The van der Waals surface area contributed by atoms with Crippen LogP contribution in [-0.2, 0) is 16.1 Å². The highest BCUT2D eigenvalue weighted by atomic mass is 35.5. The van der Waals surface area contributed by atoms with E-state index < -0.39 is 6.04 Å². The minimum atomic E-state index is -0.750. The number of halogens is 2. The molecular weight excluding hydrogens is 455 g/mol. The van der Waals surface area contributed by atoms with Crippen molar-refractivity contribution in [1.29, 1.82) is 0 Å². The summed E-state index contributed by atoms with van der Waals surface area (Å²) in [5, 5.41) is 3.72. The zero-order chi connectivity index (χ0) is 23.8. The number of benzene rings is 2. The van der Waals surface area contributed by atoms with E-state index in [0.29, 0.717) is 32.9 Å². The number of nitrogens with zero attached hydrogens (tertiary/aromatic N) is 1. The Balaban J connectivity index is 2.23. The van der Waals surface area contributed by atoms with Gasteiger partial charge in [0.1, 0.15) is 23.3 Å². The lowest BCUT2D eigenvalue weighted by atomic mass is 10.1. The molecule has 1 atom stereocenters. The Hall–Kier alpha value is -2.64. The van der Waals surface area contributed by atoms with Crippen molar-refractivity contribution in [3.8, 4) is 17.2 Å². The van der Waals surface area contributed by atoms with Gasteiger partial charge < -0.3 is 24.4 Å². The molecule has 0 heterocycles. The van der Waals surface area contributed by atoms with Crippen LogP contribution in [-0.4, -0.2) is 49.6 Å². The van der Waals surface area contributed by atoms with Gasteiger partial charge >= 0.3 is 0 Å². The van der Waals surface area contributed by atoms with E-state index >= 15 is 0 Å². The third-order valence-electron chi connectivity index (χ3n) is 4.64. The Bertz CT molecular complexity index is 930. The van der Waals surface area contributed by atoms with E-state index in [-0.39, 0.29) is 31.0 Å². The average molecular weight is 483 g/mol. The highest BCUT2D eigenvalue weighted by Crippen LogP contribution is 2.28. The maximum atomic E-state index is 13.1. The largest absolute Gasteiger partial charge is 0.496 e. The zero-order valence-electron chi connectivity index (χ0n) is 18.8. The van der Waals surface area contributed by atoms with Gasteiger partial charge in [0.15, 0.2) is 6.61 Å². The average Bonchev–Trinajstić information content (AvgIpc) is 2.75. The molecule has 7 nitrogen and oxygen atoms in total. The number of methoxy groups -OCH3 is 2. The minimum Gasteiger partial charge on any atom is -0.496 e. The van der Waals surface area contributed by atoms with Crippen molar-refractivity contribution in [2.75, 3.05) is 20.8 Å². The first kappa shape index (κ1) is 25.6. The van der Waals surface area contributed by atoms with Gasteiger partial charge in [0, 0.05) is 40.8 Å². The smallest absolute Gasteiger partial charge is 0.261 e. The summed E-state index contributed by atoms with van der Waals surface area (Å²) in [7, 11) is 3.05. The molecule has 0 saturated heterocycles. The van der Waals surface area contributed by atoms with Crippen LogP contribution in [0.25, 0.3) is 0 Å². The van der Waals surface area contributed by atoms with Crippen molar-refractivity contribution in [3.05, 3.63) is 52.0 Å². The van der Waals surface area contributed by atoms with E-state index in [0.717, 1.165) is 0 Å². The molecule has 0 fully saturated rings. The van der Waals surface area contributed by atoms with Crippen molar-refractivity contribution >= 4 is 35.0 Å². The molecule has 0 spiro atoms. The molecule has 0 saturated carbocycles. The number of carbonyl (C=O) groups excluding carboxylic acids is 2. The highest BCUT2D eigenvalue weighted by Gasteiger charge is 2.27. The van der Waals surface area contributed by atoms with Crippen LogP contribution < -0.4 is 19.5 Å². The number of amides is 2. The molecule has 0 aliphatic carbocycles. The van der Waals surface area contributed by atoms with Crippen molar-refractivity contribution in [2.24, 2.45) is 0 Å². The summed E-state index contributed by atoms with van der Waals surface area (Å²) >= 11 is 12.3. The van der Waals surface area contributed by atoms with Crippen molar-refractivity contribution in [3.63, 3.8) is 0 Å². The van der Waals surface area contributed by atoms with Crippen molar-refractivity contribution < 1.29 is 23.8 Å². The van der Waals surface area contributed by atoms with Crippen LogP contribution in [0, 0.1) is 0 Å². The standard InChI is InChI=1S/C23H28Cl2N2O5/c1-14(2)26-23(29)15(3)27(12-16-6-7-17(24)8-21(16)25)22(28)13-32-20-10-18(30-4)9-19(11-20)31-5/h6-11,14-15H,12-13H2,1-5H3,(H,26,29)/t15-/m0/s1. The second kappa shape index (κ2) is 11.8. The molecule has 0 bridgehead atoms. The van der Waals surface area contributed by atoms with Gasteiger partial charge in [0.25, 0.3) is 5.91 Å². The molecule has 2 aromatic rings. The molecule has 9 heteroatoms. The summed E-state index contributed by atoms with van der Waals surface area (Å²) in [6.07, 6.45) is 0. The molecule has 2 rings (SSSR count). The van der Waals surface area contributed by atoms with Gasteiger partial charge in [-0.1, -0.05) is 29.3 Å². The van der Waals surface area contributed by atoms with Crippen LogP contribution in [0.2, 0.25) is 10.0 Å². The van der Waals surface area contributed by atoms with E-state index in [1.807, 2.05) is 13.8 Å². The Kier molecular flexibility index (Phi) is 9.47. The van der Waals surface area contributed by atoms with E-state index in [1.54, 1.807) is 43.3 Å². The number of hydrogen-bond acceptors (Lipinski definition) is 5. The molecular formula is C23H28Cl2N2O5. The Labute approximate surface area is 198 Å². The van der Waals surface area contributed by atoms with Crippen LogP contribution >= 0.6 is 23.2 Å². The summed E-state index contributed by atoms with van der Waals surface area (Å²) < 4.78 is 16.1. The fraction of sp³-hybridized carbons (Fsp3) is 0.391. The fourth-order valence-electron chi connectivity index (χ4n) is 2.91. The van der Waals surface area contributed by atoms with Gasteiger partial charge in [-0.3, -0.25) is 9.59 Å². The van der Waals surface area contributed by atoms with Crippen molar-refractivity contribution in [2.45, 2.75) is 39.4 Å². The molecule has 1 N–H and O–H groups in total. The minimum absolute atomic E-state index is 0.0680. The van der Waals surface area contributed by atoms with E-state index in [2.05, 4.69) is 5.32 Å². The number of ether oxygens (including phenoxy) is 3. The first-order chi connectivity index (χ1) is 15.1.